The van der Waals surface area contributed by atoms with Gasteiger partial charge in [-0.05, 0) is 13.0 Å². The summed E-state index contributed by atoms with van der Waals surface area (Å²) in [5.41, 5.74) is 0.0831. The minimum absolute atomic E-state index is 0.0831. The Morgan fingerprint density at radius 2 is 1.93 bits per heavy atom. The number of likely N-dealkylation sites (N-methyl/N-ethyl adjacent to an activating group) is 1. The second kappa shape index (κ2) is 5.32. The molecule has 0 rings (SSSR count). The van der Waals surface area contributed by atoms with E-state index in [-0.39, 0.29) is 10.1 Å². The van der Waals surface area contributed by atoms with Gasteiger partial charge >= 0.3 is 0 Å². The molecule has 0 spiro atoms. The van der Waals surface area contributed by atoms with E-state index >= 15 is 0 Å². The Balaban J connectivity index is 4.32. The van der Waals surface area contributed by atoms with Crippen molar-refractivity contribution in [3.8, 4) is 0 Å². The van der Waals surface area contributed by atoms with E-state index in [1.807, 2.05) is 19.1 Å². The largest absolute Gasteiger partial charge is 0.633 e. The van der Waals surface area contributed by atoms with Crippen LogP contribution in [-0.2, 0) is 0 Å². The molecule has 0 aliphatic carbocycles. The van der Waals surface area contributed by atoms with Crippen molar-refractivity contribution < 1.29 is 4.65 Å². The van der Waals surface area contributed by atoms with Gasteiger partial charge in [-0.15, -0.1) is 0 Å². The zero-order valence-corrected chi connectivity index (χ0v) is 9.92. The van der Waals surface area contributed by atoms with Crippen molar-refractivity contribution in [2.45, 2.75) is 27.7 Å². The Labute approximate surface area is 88.1 Å². The highest BCUT2D eigenvalue weighted by Crippen LogP contribution is 2.20. The normalized spacial score (nSPS) is 16.9. The summed E-state index contributed by atoms with van der Waals surface area (Å²) in [6.07, 6.45) is 5.44. The van der Waals surface area contributed by atoms with Gasteiger partial charge in [0.2, 0.25) is 0 Å². The van der Waals surface area contributed by atoms with Crippen molar-refractivity contribution in [1.82, 2.24) is 0 Å². The first-order valence-corrected chi connectivity index (χ1v) is 5.18. The van der Waals surface area contributed by atoms with E-state index in [0.717, 1.165) is 0 Å². The number of nitrogens with zero attached hydrogens (tertiary/aromatic N) is 1. The monoisotopic (exact) mass is 197 g/mol. The summed E-state index contributed by atoms with van der Waals surface area (Å²) in [5.74, 6) is 0. The van der Waals surface area contributed by atoms with E-state index in [4.69, 9.17) is 0 Å². The topological polar surface area (TPSA) is 23.1 Å². The summed E-state index contributed by atoms with van der Waals surface area (Å²) >= 11 is 0. The molecular weight excluding hydrogens is 174 g/mol. The molecule has 0 aliphatic heterocycles. The fourth-order valence-electron chi connectivity index (χ4n) is 1.52. The maximum absolute atomic E-state index is 12.2. The molecule has 0 bridgehead atoms. The van der Waals surface area contributed by atoms with Crippen molar-refractivity contribution in [2.24, 2.45) is 5.41 Å². The summed E-state index contributed by atoms with van der Waals surface area (Å²) in [7, 11) is 0. The first-order valence-electron chi connectivity index (χ1n) is 5.18. The Kier molecular flexibility index (Phi) is 5.09. The molecule has 0 saturated heterocycles. The third-order valence-electron chi connectivity index (χ3n) is 2.05. The van der Waals surface area contributed by atoms with Gasteiger partial charge in [0.05, 0.1) is 19.6 Å². The highest BCUT2D eigenvalue weighted by atomic mass is 16.5. The average molecular weight is 197 g/mol. The van der Waals surface area contributed by atoms with Crippen molar-refractivity contribution >= 4 is 0 Å². The first-order chi connectivity index (χ1) is 6.33. The quantitative estimate of drug-likeness (QED) is 0.377. The molecule has 0 aromatic carbocycles. The van der Waals surface area contributed by atoms with Gasteiger partial charge < -0.3 is 9.85 Å². The molecule has 14 heavy (non-hydrogen) atoms. The lowest BCUT2D eigenvalue weighted by molar-refractivity contribution is -0.879. The highest BCUT2D eigenvalue weighted by Gasteiger charge is 2.22. The fourth-order valence-corrected chi connectivity index (χ4v) is 1.52. The zero-order valence-electron chi connectivity index (χ0n) is 9.92. The predicted molar refractivity (Wildman–Crippen MR) is 62.7 cm³/mol. The predicted octanol–water partition coefficient (Wildman–Crippen LogP) is 3.11. The van der Waals surface area contributed by atoms with Crippen LogP contribution < -0.4 is 0 Å². The number of hydrogen-bond donors (Lipinski definition) is 0. The van der Waals surface area contributed by atoms with Gasteiger partial charge in [0.25, 0.3) is 0 Å². The lowest BCUT2D eigenvalue weighted by atomic mass is 9.96. The van der Waals surface area contributed by atoms with Gasteiger partial charge in [-0.2, -0.15) is 0 Å². The minimum Gasteiger partial charge on any atom is -0.633 e. The lowest BCUT2D eigenvalue weighted by Gasteiger charge is -2.45. The molecule has 0 aromatic rings. The molecule has 0 aromatic heterocycles. The van der Waals surface area contributed by atoms with Crippen LogP contribution in [-0.4, -0.2) is 24.3 Å². The second-order valence-electron chi connectivity index (χ2n) is 4.94. The molecule has 0 heterocycles. The van der Waals surface area contributed by atoms with Crippen molar-refractivity contribution in [1.29, 1.82) is 0 Å². The molecular formula is C12H23NO. The van der Waals surface area contributed by atoms with E-state index in [1.54, 1.807) is 6.08 Å². The van der Waals surface area contributed by atoms with E-state index in [2.05, 4.69) is 27.4 Å². The zero-order chi connectivity index (χ0) is 11.2. The number of hydrogen-bond acceptors (Lipinski definition) is 1. The molecule has 1 atom stereocenters. The number of allylic oxidation sites excluding steroid dienone is 2. The second-order valence-corrected chi connectivity index (χ2v) is 4.94. The standard InChI is InChI=1S/C12H23NO/c1-6-8-9-10-13(14,7-2)11-12(3,4)5/h6,8-9H,1,7,10-11H2,2-5H3. The molecule has 0 saturated carbocycles. The molecule has 2 heteroatoms. The van der Waals surface area contributed by atoms with Crippen LogP contribution in [0.2, 0.25) is 0 Å². The number of rotatable bonds is 5. The van der Waals surface area contributed by atoms with Crippen LogP contribution in [0.1, 0.15) is 27.7 Å². The van der Waals surface area contributed by atoms with Crippen LogP contribution in [0.3, 0.4) is 0 Å². The molecule has 0 radical (unpaired) electrons. The minimum atomic E-state index is -0.145. The maximum Gasteiger partial charge on any atom is 0.0974 e. The fraction of sp³-hybridized carbons (Fsp3) is 0.667. The van der Waals surface area contributed by atoms with Crippen LogP contribution in [0.5, 0.6) is 0 Å². The maximum atomic E-state index is 12.2. The number of hydroxylamine groups is 3. The van der Waals surface area contributed by atoms with Gasteiger partial charge in [0.15, 0.2) is 0 Å². The Morgan fingerprint density at radius 1 is 1.36 bits per heavy atom. The lowest BCUT2D eigenvalue weighted by Crippen LogP contribution is -2.47. The van der Waals surface area contributed by atoms with Crippen LogP contribution in [0.4, 0.5) is 0 Å². The Morgan fingerprint density at radius 3 is 2.29 bits per heavy atom. The third kappa shape index (κ3) is 5.95. The van der Waals surface area contributed by atoms with Gasteiger partial charge in [0.1, 0.15) is 0 Å². The van der Waals surface area contributed by atoms with Gasteiger partial charge in [-0.3, -0.25) is 0 Å². The van der Waals surface area contributed by atoms with Gasteiger partial charge in [-0.1, -0.05) is 39.5 Å². The van der Waals surface area contributed by atoms with Gasteiger partial charge in [-0.25, -0.2) is 0 Å². The summed E-state index contributed by atoms with van der Waals surface area (Å²) in [6.45, 7) is 13.7. The molecule has 2 nitrogen and oxygen atoms in total. The Bertz CT molecular complexity index is 203. The van der Waals surface area contributed by atoms with E-state index in [9.17, 15) is 5.21 Å². The summed E-state index contributed by atoms with van der Waals surface area (Å²) in [6, 6.07) is 0. The SMILES string of the molecule is C=CC=CC[N+]([O-])(CC)CC(C)(C)C. The summed E-state index contributed by atoms with van der Waals surface area (Å²) in [4.78, 5) is 0. The highest BCUT2D eigenvalue weighted by molar-refractivity contribution is 4.97. The molecule has 0 fully saturated rings. The average Bonchev–Trinajstić information content (AvgIpc) is 2.02. The van der Waals surface area contributed by atoms with Crippen LogP contribution >= 0.6 is 0 Å². The Hall–Kier alpha value is -0.600. The molecule has 0 amide bonds. The smallest absolute Gasteiger partial charge is 0.0974 e. The molecule has 0 aliphatic rings. The summed E-state index contributed by atoms with van der Waals surface area (Å²) < 4.78 is -0.145. The van der Waals surface area contributed by atoms with E-state index < -0.39 is 0 Å². The summed E-state index contributed by atoms with van der Waals surface area (Å²) in [5, 5.41) is 12.2. The van der Waals surface area contributed by atoms with Crippen molar-refractivity contribution in [3.05, 3.63) is 30.0 Å². The third-order valence-corrected chi connectivity index (χ3v) is 2.05. The van der Waals surface area contributed by atoms with Crippen molar-refractivity contribution in [2.75, 3.05) is 19.6 Å². The molecule has 82 valence electrons. The van der Waals surface area contributed by atoms with E-state index in [1.165, 1.54) is 0 Å². The van der Waals surface area contributed by atoms with Crippen LogP contribution in [0.25, 0.3) is 0 Å². The molecule has 0 N–H and O–H groups in total. The van der Waals surface area contributed by atoms with Crippen LogP contribution in [0.15, 0.2) is 24.8 Å². The number of quaternary nitrogens is 1. The van der Waals surface area contributed by atoms with E-state index in [0.29, 0.717) is 19.6 Å². The van der Waals surface area contributed by atoms with Gasteiger partial charge in [0, 0.05) is 5.41 Å². The van der Waals surface area contributed by atoms with Crippen LogP contribution in [0, 0.1) is 10.6 Å². The molecule has 1 unspecified atom stereocenters. The first kappa shape index (κ1) is 13.4. The van der Waals surface area contributed by atoms with Crippen molar-refractivity contribution in [3.63, 3.8) is 0 Å².